The van der Waals surface area contributed by atoms with Crippen LogP contribution < -0.4 is 15.5 Å². The molecule has 140 valence electrons. The Morgan fingerprint density at radius 2 is 1.96 bits per heavy atom. The van der Waals surface area contributed by atoms with Gasteiger partial charge >= 0.3 is 0 Å². The third kappa shape index (κ3) is 4.95. The number of amides is 3. The Balaban J connectivity index is 1.59. The monoisotopic (exact) mass is 429 g/mol. The van der Waals surface area contributed by atoms with E-state index in [0.717, 1.165) is 15.7 Å². The molecule has 2 N–H and O–H groups in total. The fraction of sp³-hybridized carbons (Fsp3) is 0.250. The van der Waals surface area contributed by atoms with E-state index in [4.69, 9.17) is 0 Å². The molecule has 2 aromatic carbocycles. The highest BCUT2D eigenvalue weighted by Crippen LogP contribution is 2.27. The molecule has 0 saturated carbocycles. The van der Waals surface area contributed by atoms with Crippen molar-refractivity contribution in [1.82, 2.24) is 5.32 Å². The van der Waals surface area contributed by atoms with E-state index in [9.17, 15) is 14.4 Å². The molecule has 0 aliphatic carbocycles. The summed E-state index contributed by atoms with van der Waals surface area (Å²) in [4.78, 5) is 37.6. The third-order valence-corrected chi connectivity index (χ3v) is 4.82. The van der Waals surface area contributed by atoms with Crippen molar-refractivity contribution in [2.45, 2.75) is 19.9 Å². The van der Waals surface area contributed by atoms with Crippen LogP contribution in [0.4, 0.5) is 11.4 Å². The fourth-order valence-corrected chi connectivity index (χ4v) is 3.46. The third-order valence-electron chi connectivity index (χ3n) is 4.33. The minimum atomic E-state index is -0.380. The van der Waals surface area contributed by atoms with Crippen molar-refractivity contribution in [3.63, 3.8) is 0 Å². The van der Waals surface area contributed by atoms with Crippen LogP contribution in [-0.4, -0.2) is 24.3 Å². The van der Waals surface area contributed by atoms with E-state index in [0.29, 0.717) is 18.8 Å². The zero-order chi connectivity index (χ0) is 19.4. The normalized spacial score (nSPS) is 16.3. The van der Waals surface area contributed by atoms with Gasteiger partial charge in [0.15, 0.2) is 0 Å². The number of nitrogens with one attached hydrogen (secondary N) is 2. The Labute approximate surface area is 166 Å². The SMILES string of the molecule is CC(=O)Nc1cccc(CNC(=O)C2CC(=O)N(c3cccc(Br)c3)C2)c1. The lowest BCUT2D eigenvalue weighted by Crippen LogP contribution is -2.32. The zero-order valence-electron chi connectivity index (χ0n) is 14.9. The van der Waals surface area contributed by atoms with Crippen molar-refractivity contribution in [3.8, 4) is 0 Å². The van der Waals surface area contributed by atoms with Gasteiger partial charge in [-0.1, -0.05) is 34.1 Å². The van der Waals surface area contributed by atoms with Crippen LogP contribution in [0.3, 0.4) is 0 Å². The Bertz CT molecular complexity index is 884. The highest BCUT2D eigenvalue weighted by atomic mass is 79.9. The maximum absolute atomic E-state index is 12.5. The van der Waals surface area contributed by atoms with Crippen LogP contribution in [0.2, 0.25) is 0 Å². The molecule has 1 fully saturated rings. The first-order chi connectivity index (χ1) is 12.9. The van der Waals surface area contributed by atoms with Gasteiger partial charge in [0.05, 0.1) is 5.92 Å². The highest BCUT2D eigenvalue weighted by molar-refractivity contribution is 9.10. The molecule has 27 heavy (non-hydrogen) atoms. The number of hydrogen-bond acceptors (Lipinski definition) is 3. The predicted octanol–water partition coefficient (Wildman–Crippen LogP) is 3.08. The molecule has 1 unspecified atom stereocenters. The number of benzene rings is 2. The first-order valence-corrected chi connectivity index (χ1v) is 9.42. The average Bonchev–Trinajstić information content (AvgIpc) is 3.01. The van der Waals surface area contributed by atoms with Gasteiger partial charge in [0.2, 0.25) is 17.7 Å². The van der Waals surface area contributed by atoms with Gasteiger partial charge in [0, 0.05) is 42.3 Å². The second-order valence-corrected chi connectivity index (χ2v) is 7.40. The molecule has 1 saturated heterocycles. The molecule has 0 aromatic heterocycles. The predicted molar refractivity (Wildman–Crippen MR) is 107 cm³/mol. The Hall–Kier alpha value is -2.67. The largest absolute Gasteiger partial charge is 0.352 e. The van der Waals surface area contributed by atoms with E-state index in [1.165, 1.54) is 6.92 Å². The number of carbonyl (C=O) groups excluding carboxylic acids is 3. The van der Waals surface area contributed by atoms with E-state index in [1.54, 1.807) is 11.0 Å². The summed E-state index contributed by atoms with van der Waals surface area (Å²) in [5.41, 5.74) is 2.35. The highest BCUT2D eigenvalue weighted by Gasteiger charge is 2.35. The standard InChI is InChI=1S/C20H20BrN3O3/c1-13(25)23-17-6-2-4-14(8-17)11-22-20(27)15-9-19(26)24(12-15)18-7-3-5-16(21)10-18/h2-8,10,15H,9,11-12H2,1H3,(H,22,27)(H,23,25). The topological polar surface area (TPSA) is 78.5 Å². The minimum Gasteiger partial charge on any atom is -0.352 e. The van der Waals surface area contributed by atoms with Crippen molar-refractivity contribution >= 4 is 45.0 Å². The second kappa shape index (κ2) is 8.35. The lowest BCUT2D eigenvalue weighted by Gasteiger charge is -2.17. The van der Waals surface area contributed by atoms with Crippen LogP contribution in [0.25, 0.3) is 0 Å². The summed E-state index contributed by atoms with van der Waals surface area (Å²) >= 11 is 3.40. The van der Waals surface area contributed by atoms with Gasteiger partial charge in [-0.15, -0.1) is 0 Å². The van der Waals surface area contributed by atoms with Gasteiger partial charge in [0.25, 0.3) is 0 Å². The summed E-state index contributed by atoms with van der Waals surface area (Å²) in [6, 6.07) is 14.8. The first kappa shape index (κ1) is 19.1. The van der Waals surface area contributed by atoms with Crippen LogP contribution in [0.15, 0.2) is 53.0 Å². The zero-order valence-corrected chi connectivity index (χ0v) is 16.5. The summed E-state index contributed by atoms with van der Waals surface area (Å²) < 4.78 is 0.889. The number of nitrogens with zero attached hydrogens (tertiary/aromatic N) is 1. The molecule has 7 heteroatoms. The number of anilines is 2. The van der Waals surface area contributed by atoms with Crippen molar-refractivity contribution in [2.75, 3.05) is 16.8 Å². The summed E-state index contributed by atoms with van der Waals surface area (Å²) in [7, 11) is 0. The molecule has 0 bridgehead atoms. The van der Waals surface area contributed by atoms with E-state index in [1.807, 2.05) is 42.5 Å². The number of halogens is 1. The quantitative estimate of drug-likeness (QED) is 0.766. The summed E-state index contributed by atoms with van der Waals surface area (Å²) in [5, 5.41) is 5.60. The fourth-order valence-electron chi connectivity index (χ4n) is 3.07. The minimum absolute atomic E-state index is 0.0547. The van der Waals surface area contributed by atoms with Gasteiger partial charge in [-0.25, -0.2) is 0 Å². The number of carbonyl (C=O) groups is 3. The van der Waals surface area contributed by atoms with Crippen molar-refractivity contribution in [1.29, 1.82) is 0 Å². The van der Waals surface area contributed by atoms with Crippen molar-refractivity contribution in [3.05, 3.63) is 58.6 Å². The van der Waals surface area contributed by atoms with E-state index >= 15 is 0 Å². The van der Waals surface area contributed by atoms with Crippen LogP contribution in [0.1, 0.15) is 18.9 Å². The maximum atomic E-state index is 12.5. The molecule has 0 radical (unpaired) electrons. The van der Waals surface area contributed by atoms with Gasteiger partial charge in [0.1, 0.15) is 0 Å². The number of rotatable bonds is 5. The molecule has 1 aliphatic heterocycles. The molecule has 1 aliphatic rings. The lowest BCUT2D eigenvalue weighted by atomic mass is 10.1. The van der Waals surface area contributed by atoms with Crippen LogP contribution >= 0.6 is 15.9 Å². The summed E-state index contributed by atoms with van der Waals surface area (Å²) in [5.74, 6) is -0.727. The maximum Gasteiger partial charge on any atom is 0.227 e. The molecule has 0 spiro atoms. The van der Waals surface area contributed by atoms with Gasteiger partial charge in [-0.2, -0.15) is 0 Å². The smallest absolute Gasteiger partial charge is 0.227 e. The Kier molecular flexibility index (Phi) is 5.91. The van der Waals surface area contributed by atoms with Crippen LogP contribution in [-0.2, 0) is 20.9 Å². The van der Waals surface area contributed by atoms with Gasteiger partial charge in [-0.05, 0) is 35.9 Å². The van der Waals surface area contributed by atoms with Crippen molar-refractivity contribution in [2.24, 2.45) is 5.92 Å². The second-order valence-electron chi connectivity index (χ2n) is 6.48. The van der Waals surface area contributed by atoms with E-state index in [-0.39, 0.29) is 30.1 Å². The molecule has 6 nitrogen and oxygen atoms in total. The summed E-state index contributed by atoms with van der Waals surface area (Å²) in [6.07, 6.45) is 0.199. The van der Waals surface area contributed by atoms with Crippen molar-refractivity contribution < 1.29 is 14.4 Å². The average molecular weight is 430 g/mol. The lowest BCUT2D eigenvalue weighted by molar-refractivity contribution is -0.126. The Morgan fingerprint density at radius 1 is 1.19 bits per heavy atom. The van der Waals surface area contributed by atoms with E-state index < -0.39 is 0 Å². The first-order valence-electron chi connectivity index (χ1n) is 8.62. The molecule has 1 atom stereocenters. The molecule has 2 aromatic rings. The van der Waals surface area contributed by atoms with Gasteiger partial charge < -0.3 is 15.5 Å². The molecule has 3 amide bonds. The molecule has 1 heterocycles. The van der Waals surface area contributed by atoms with E-state index in [2.05, 4.69) is 26.6 Å². The van der Waals surface area contributed by atoms with Crippen LogP contribution in [0, 0.1) is 5.92 Å². The molecule has 3 rings (SSSR count). The van der Waals surface area contributed by atoms with Crippen LogP contribution in [0.5, 0.6) is 0 Å². The molecular weight excluding hydrogens is 410 g/mol. The van der Waals surface area contributed by atoms with Gasteiger partial charge in [-0.3, -0.25) is 14.4 Å². The molecular formula is C20H20BrN3O3. The number of hydrogen-bond donors (Lipinski definition) is 2. The Morgan fingerprint density at radius 3 is 2.70 bits per heavy atom. The summed E-state index contributed by atoms with van der Waals surface area (Å²) in [6.45, 7) is 2.16.